The summed E-state index contributed by atoms with van der Waals surface area (Å²) >= 11 is 0. The molecule has 4 aromatic rings. The summed E-state index contributed by atoms with van der Waals surface area (Å²) in [5.74, 6) is 0.856. The number of aryl methyl sites for hydroxylation is 1. The van der Waals surface area contributed by atoms with Crippen LogP contribution in [0.4, 0.5) is 0 Å². The van der Waals surface area contributed by atoms with E-state index >= 15 is 0 Å². The lowest BCUT2D eigenvalue weighted by molar-refractivity contribution is 0.103. The van der Waals surface area contributed by atoms with E-state index in [2.05, 4.69) is 5.10 Å². The summed E-state index contributed by atoms with van der Waals surface area (Å²) in [5, 5.41) is 15.3. The number of benzene rings is 2. The Morgan fingerprint density at radius 2 is 1.77 bits per heavy atom. The lowest BCUT2D eigenvalue weighted by Gasteiger charge is -2.08. The van der Waals surface area contributed by atoms with Gasteiger partial charge in [0, 0.05) is 23.2 Å². The summed E-state index contributed by atoms with van der Waals surface area (Å²) in [6, 6.07) is 8.16. The van der Waals surface area contributed by atoms with Gasteiger partial charge in [-0.1, -0.05) is 0 Å². The van der Waals surface area contributed by atoms with Crippen molar-refractivity contribution in [2.24, 2.45) is 0 Å². The van der Waals surface area contributed by atoms with Crippen molar-refractivity contribution in [2.45, 2.75) is 6.92 Å². The summed E-state index contributed by atoms with van der Waals surface area (Å²) in [4.78, 5) is 13.6. The van der Waals surface area contributed by atoms with Crippen LogP contribution in [0.3, 0.4) is 0 Å². The number of aromatic nitrogens is 2. The topological polar surface area (TPSA) is 96.0 Å². The van der Waals surface area contributed by atoms with Gasteiger partial charge in [-0.3, -0.25) is 4.79 Å². The van der Waals surface area contributed by atoms with Crippen LogP contribution in [0.5, 0.6) is 23.0 Å². The van der Waals surface area contributed by atoms with E-state index < -0.39 is 0 Å². The molecular formula is C22H20N2O6. The number of aromatic hydroxyl groups is 1. The van der Waals surface area contributed by atoms with E-state index in [1.807, 2.05) is 6.92 Å². The van der Waals surface area contributed by atoms with Crippen LogP contribution in [-0.4, -0.2) is 42.0 Å². The highest BCUT2D eigenvalue weighted by molar-refractivity contribution is 6.19. The molecule has 8 nitrogen and oxygen atoms in total. The standard InChI is InChI=1S/C22H20N2O6/c1-12-10-23-24(11-12)22-18(16-5-6-17(29-4)20(26)21(16)30-22)19(25)13-7-14(27-2)9-15(8-13)28-3/h5-11,26H,1-4H3. The second kappa shape index (κ2) is 7.47. The van der Waals surface area contributed by atoms with Gasteiger partial charge in [0.05, 0.1) is 33.1 Å². The Kier molecular flexibility index (Phi) is 4.83. The second-order valence-corrected chi connectivity index (χ2v) is 6.67. The predicted octanol–water partition coefficient (Wildman–Crippen LogP) is 3.89. The Hall–Kier alpha value is -3.94. The zero-order valence-corrected chi connectivity index (χ0v) is 16.9. The average molecular weight is 408 g/mol. The summed E-state index contributed by atoms with van der Waals surface area (Å²) < 4.78 is 23.1. The predicted molar refractivity (Wildman–Crippen MR) is 109 cm³/mol. The van der Waals surface area contributed by atoms with E-state index in [1.54, 1.807) is 42.7 Å². The van der Waals surface area contributed by atoms with Gasteiger partial charge >= 0.3 is 0 Å². The number of furan rings is 1. The Balaban J connectivity index is 1.99. The molecule has 0 saturated heterocycles. The lowest BCUT2D eigenvalue weighted by atomic mass is 10.0. The fourth-order valence-electron chi connectivity index (χ4n) is 3.27. The molecule has 154 valence electrons. The molecule has 0 amide bonds. The molecule has 0 atom stereocenters. The maximum Gasteiger partial charge on any atom is 0.232 e. The number of nitrogens with zero attached hydrogens (tertiary/aromatic N) is 2. The van der Waals surface area contributed by atoms with E-state index in [1.165, 1.54) is 26.0 Å². The minimum atomic E-state index is -0.335. The molecular weight excluding hydrogens is 388 g/mol. The van der Waals surface area contributed by atoms with Crippen LogP contribution in [0.1, 0.15) is 21.5 Å². The van der Waals surface area contributed by atoms with Crippen molar-refractivity contribution in [2.75, 3.05) is 21.3 Å². The molecule has 8 heteroatoms. The number of carbonyl (C=O) groups is 1. The highest BCUT2D eigenvalue weighted by atomic mass is 16.5. The van der Waals surface area contributed by atoms with E-state index in [9.17, 15) is 9.90 Å². The molecule has 0 unspecified atom stereocenters. The zero-order chi connectivity index (χ0) is 21.4. The maximum atomic E-state index is 13.6. The van der Waals surface area contributed by atoms with Crippen LogP contribution in [0.2, 0.25) is 0 Å². The third-order valence-electron chi connectivity index (χ3n) is 4.76. The van der Waals surface area contributed by atoms with E-state index in [-0.39, 0.29) is 34.3 Å². The highest BCUT2D eigenvalue weighted by Crippen LogP contribution is 2.41. The average Bonchev–Trinajstić information content (AvgIpc) is 3.37. The van der Waals surface area contributed by atoms with E-state index in [0.29, 0.717) is 22.4 Å². The summed E-state index contributed by atoms with van der Waals surface area (Å²) in [6.07, 6.45) is 3.38. The first-order valence-electron chi connectivity index (χ1n) is 9.08. The van der Waals surface area contributed by atoms with Crippen LogP contribution in [0, 0.1) is 6.92 Å². The minimum Gasteiger partial charge on any atom is -0.502 e. The van der Waals surface area contributed by atoms with Gasteiger partial charge in [-0.05, 0) is 36.8 Å². The number of carbonyl (C=O) groups excluding carboxylic acids is 1. The number of phenolic OH excluding ortho intramolecular Hbond substituents is 1. The van der Waals surface area contributed by atoms with Gasteiger partial charge < -0.3 is 23.7 Å². The first kappa shape index (κ1) is 19.4. The van der Waals surface area contributed by atoms with E-state index in [0.717, 1.165) is 5.56 Å². The van der Waals surface area contributed by atoms with Crippen LogP contribution in [0.25, 0.3) is 16.9 Å². The number of rotatable bonds is 6. The van der Waals surface area contributed by atoms with Gasteiger partial charge in [0.25, 0.3) is 0 Å². The normalized spacial score (nSPS) is 10.9. The Labute approximate surface area is 172 Å². The van der Waals surface area contributed by atoms with Gasteiger partial charge in [0.15, 0.2) is 17.1 Å². The van der Waals surface area contributed by atoms with Crippen molar-refractivity contribution in [1.82, 2.24) is 9.78 Å². The fourth-order valence-corrected chi connectivity index (χ4v) is 3.27. The quantitative estimate of drug-likeness (QED) is 0.484. The van der Waals surface area contributed by atoms with Gasteiger partial charge in [-0.2, -0.15) is 5.10 Å². The number of ether oxygens (including phenoxy) is 3. The van der Waals surface area contributed by atoms with Gasteiger partial charge in [-0.25, -0.2) is 4.68 Å². The van der Waals surface area contributed by atoms with Crippen molar-refractivity contribution in [1.29, 1.82) is 0 Å². The Bertz CT molecular complexity index is 1230. The number of ketones is 1. The number of hydrogen-bond acceptors (Lipinski definition) is 7. The van der Waals surface area contributed by atoms with Crippen LogP contribution in [-0.2, 0) is 0 Å². The molecule has 0 bridgehead atoms. The molecule has 0 aliphatic rings. The molecule has 0 fully saturated rings. The lowest BCUT2D eigenvalue weighted by Crippen LogP contribution is -2.07. The monoisotopic (exact) mass is 408 g/mol. The molecule has 0 aliphatic carbocycles. The zero-order valence-electron chi connectivity index (χ0n) is 16.9. The van der Waals surface area contributed by atoms with Crippen LogP contribution < -0.4 is 14.2 Å². The van der Waals surface area contributed by atoms with Crippen LogP contribution in [0.15, 0.2) is 47.1 Å². The number of phenols is 1. The number of methoxy groups -OCH3 is 3. The maximum absolute atomic E-state index is 13.6. The molecule has 0 aliphatic heterocycles. The largest absolute Gasteiger partial charge is 0.502 e. The smallest absolute Gasteiger partial charge is 0.232 e. The summed E-state index contributed by atoms with van der Waals surface area (Å²) in [5.41, 5.74) is 1.62. The first-order chi connectivity index (χ1) is 14.5. The molecule has 0 radical (unpaired) electrons. The Morgan fingerprint density at radius 1 is 1.07 bits per heavy atom. The third-order valence-corrected chi connectivity index (χ3v) is 4.76. The number of fused-ring (bicyclic) bond motifs is 1. The molecule has 2 aromatic carbocycles. The molecule has 0 saturated carbocycles. The number of hydrogen-bond donors (Lipinski definition) is 1. The van der Waals surface area contributed by atoms with Gasteiger partial charge in [-0.15, -0.1) is 0 Å². The van der Waals surface area contributed by atoms with Crippen molar-refractivity contribution >= 4 is 16.8 Å². The third kappa shape index (κ3) is 3.12. The van der Waals surface area contributed by atoms with Crippen molar-refractivity contribution in [3.63, 3.8) is 0 Å². The summed E-state index contributed by atoms with van der Waals surface area (Å²) in [6.45, 7) is 1.88. The second-order valence-electron chi connectivity index (χ2n) is 6.67. The molecule has 2 aromatic heterocycles. The highest BCUT2D eigenvalue weighted by Gasteiger charge is 2.27. The van der Waals surface area contributed by atoms with Crippen LogP contribution >= 0.6 is 0 Å². The van der Waals surface area contributed by atoms with Crippen molar-refractivity contribution in [3.05, 3.63) is 59.4 Å². The van der Waals surface area contributed by atoms with E-state index in [4.69, 9.17) is 18.6 Å². The molecule has 30 heavy (non-hydrogen) atoms. The van der Waals surface area contributed by atoms with Crippen molar-refractivity contribution in [3.8, 4) is 28.9 Å². The SMILES string of the molecule is COc1cc(OC)cc(C(=O)c2c(-n3cc(C)cn3)oc3c(O)c(OC)ccc23)c1. The molecule has 0 spiro atoms. The van der Waals surface area contributed by atoms with Crippen molar-refractivity contribution < 1.29 is 28.5 Å². The van der Waals surface area contributed by atoms with Gasteiger partial charge in [0.1, 0.15) is 11.5 Å². The molecule has 4 rings (SSSR count). The summed E-state index contributed by atoms with van der Waals surface area (Å²) in [7, 11) is 4.47. The van der Waals surface area contributed by atoms with Gasteiger partial charge in [0.2, 0.25) is 11.6 Å². The molecule has 2 heterocycles. The first-order valence-corrected chi connectivity index (χ1v) is 9.08. The Morgan fingerprint density at radius 3 is 2.33 bits per heavy atom. The minimum absolute atomic E-state index is 0.135. The fraction of sp³-hybridized carbons (Fsp3) is 0.182. The molecule has 1 N–H and O–H groups in total.